The van der Waals surface area contributed by atoms with Crippen LogP contribution in [0.25, 0.3) is 16.6 Å². The highest BCUT2D eigenvalue weighted by Crippen LogP contribution is 2.30. The number of pyridine rings is 2. The fourth-order valence-electron chi connectivity index (χ4n) is 6.49. The molecule has 2 fully saturated rings. The SMILES string of the molecule is CCc1cc2c(COc3cccc(C4CCN(Cc5nc6ccc(C(=O)OC(C)(C)C)cc6n5C[C@@H]5CCO5)CC4)n3)cccn2n1. The molecule has 2 aliphatic heterocycles. The number of fused-ring (bicyclic) bond motifs is 2. The van der Waals surface area contributed by atoms with Crippen molar-refractivity contribution in [3.05, 3.63) is 89.1 Å². The van der Waals surface area contributed by atoms with E-state index in [2.05, 4.69) is 45.8 Å². The summed E-state index contributed by atoms with van der Waals surface area (Å²) in [6.45, 7) is 12.4. The summed E-state index contributed by atoms with van der Waals surface area (Å²) in [6, 6.07) is 18.0. The van der Waals surface area contributed by atoms with Gasteiger partial charge in [-0.3, -0.25) is 4.90 Å². The number of benzene rings is 1. The van der Waals surface area contributed by atoms with Crippen LogP contribution in [0.4, 0.5) is 0 Å². The number of piperidine rings is 1. The zero-order valence-corrected chi connectivity index (χ0v) is 27.8. The van der Waals surface area contributed by atoms with Crippen molar-refractivity contribution in [2.45, 2.75) is 90.7 Å². The Morgan fingerprint density at radius 1 is 1.00 bits per heavy atom. The van der Waals surface area contributed by atoms with E-state index < -0.39 is 5.60 Å². The van der Waals surface area contributed by atoms with Crippen molar-refractivity contribution in [3.63, 3.8) is 0 Å². The first-order valence-electron chi connectivity index (χ1n) is 16.8. The van der Waals surface area contributed by atoms with E-state index in [1.807, 2.05) is 61.8 Å². The van der Waals surface area contributed by atoms with E-state index in [1.165, 1.54) is 0 Å². The molecule has 6 heterocycles. The molecule has 7 rings (SSSR count). The Morgan fingerprint density at radius 2 is 1.83 bits per heavy atom. The molecule has 0 bridgehead atoms. The normalized spacial score (nSPS) is 17.7. The highest BCUT2D eigenvalue weighted by Gasteiger charge is 2.27. The van der Waals surface area contributed by atoms with Gasteiger partial charge in [0.15, 0.2) is 0 Å². The number of rotatable bonds is 10. The second kappa shape index (κ2) is 13.1. The van der Waals surface area contributed by atoms with Crippen molar-refractivity contribution in [1.29, 1.82) is 0 Å². The first kappa shape index (κ1) is 31.3. The number of imidazole rings is 1. The predicted octanol–water partition coefficient (Wildman–Crippen LogP) is 6.34. The number of likely N-dealkylation sites (tertiary alicyclic amines) is 1. The van der Waals surface area contributed by atoms with E-state index >= 15 is 0 Å². The van der Waals surface area contributed by atoms with Gasteiger partial charge >= 0.3 is 5.97 Å². The molecule has 10 heteroatoms. The summed E-state index contributed by atoms with van der Waals surface area (Å²) in [5.41, 5.74) is 6.15. The number of hydrogen-bond acceptors (Lipinski definition) is 8. The second-order valence-corrected chi connectivity index (χ2v) is 13.7. The molecule has 0 aliphatic carbocycles. The lowest BCUT2D eigenvalue weighted by atomic mass is 9.93. The van der Waals surface area contributed by atoms with Gasteiger partial charge in [0.2, 0.25) is 5.88 Å². The van der Waals surface area contributed by atoms with Crippen LogP contribution in [0.1, 0.15) is 86.0 Å². The molecule has 0 radical (unpaired) electrons. The smallest absolute Gasteiger partial charge is 0.338 e. The van der Waals surface area contributed by atoms with Gasteiger partial charge in [0.25, 0.3) is 0 Å². The Balaban J connectivity index is 1.01. The first-order chi connectivity index (χ1) is 22.7. The standard InChI is InChI=1S/C37H44N6O4/c1-5-28-21-32-27(8-7-16-43(32)40-28)24-46-35-10-6-9-30(39-35)25-13-17-41(18-14-25)23-34-38-31-12-11-26(36(44)47-37(2,3)4)20-33(31)42(34)22-29-15-19-45-29/h6-12,16,20-21,25,29H,5,13-15,17-19,22-24H2,1-4H3/t29-/m0/s1. The lowest BCUT2D eigenvalue weighted by Gasteiger charge is -2.32. The van der Waals surface area contributed by atoms with Crippen molar-refractivity contribution < 1.29 is 19.0 Å². The number of carbonyl (C=O) groups is 1. The Kier molecular flexibility index (Phi) is 8.72. The average molecular weight is 637 g/mol. The third-order valence-electron chi connectivity index (χ3n) is 9.14. The zero-order valence-electron chi connectivity index (χ0n) is 27.8. The van der Waals surface area contributed by atoms with Crippen molar-refractivity contribution in [1.82, 2.24) is 29.0 Å². The fraction of sp³-hybridized carbons (Fsp3) is 0.459. The van der Waals surface area contributed by atoms with Crippen LogP contribution >= 0.6 is 0 Å². The molecule has 47 heavy (non-hydrogen) atoms. The van der Waals surface area contributed by atoms with Gasteiger partial charge in [-0.1, -0.05) is 19.1 Å². The maximum atomic E-state index is 12.9. The predicted molar refractivity (Wildman–Crippen MR) is 180 cm³/mol. The number of esters is 1. The van der Waals surface area contributed by atoms with E-state index in [-0.39, 0.29) is 12.1 Å². The monoisotopic (exact) mass is 636 g/mol. The topological polar surface area (TPSA) is 96.0 Å². The Morgan fingerprint density at radius 3 is 2.57 bits per heavy atom. The van der Waals surface area contributed by atoms with Gasteiger partial charge in [0.1, 0.15) is 18.0 Å². The summed E-state index contributed by atoms with van der Waals surface area (Å²) in [5, 5.41) is 4.62. The third kappa shape index (κ3) is 7.04. The van der Waals surface area contributed by atoms with Crippen LogP contribution in [0.15, 0.2) is 60.8 Å². The van der Waals surface area contributed by atoms with Crippen molar-refractivity contribution in [2.75, 3.05) is 19.7 Å². The highest BCUT2D eigenvalue weighted by atomic mass is 16.6. The maximum absolute atomic E-state index is 12.9. The molecular formula is C37H44N6O4. The number of carbonyl (C=O) groups excluding carboxylic acids is 1. The van der Waals surface area contributed by atoms with Crippen LogP contribution in [0, 0.1) is 0 Å². The second-order valence-electron chi connectivity index (χ2n) is 13.7. The molecule has 0 amide bonds. The largest absolute Gasteiger partial charge is 0.473 e. The highest BCUT2D eigenvalue weighted by molar-refractivity contribution is 5.94. The number of aromatic nitrogens is 5. The van der Waals surface area contributed by atoms with Gasteiger partial charge in [-0.2, -0.15) is 5.10 Å². The third-order valence-corrected chi connectivity index (χ3v) is 9.14. The van der Waals surface area contributed by atoms with Crippen LogP contribution in [0.3, 0.4) is 0 Å². The number of aryl methyl sites for hydroxylation is 1. The van der Waals surface area contributed by atoms with Crippen molar-refractivity contribution in [2.24, 2.45) is 0 Å². The van der Waals surface area contributed by atoms with E-state index in [1.54, 1.807) is 0 Å². The molecule has 0 unspecified atom stereocenters. The fourth-order valence-corrected chi connectivity index (χ4v) is 6.49. The average Bonchev–Trinajstić information content (AvgIpc) is 3.62. The molecule has 5 aromatic rings. The number of ether oxygens (including phenoxy) is 3. The maximum Gasteiger partial charge on any atom is 0.338 e. The van der Waals surface area contributed by atoms with Crippen molar-refractivity contribution in [3.8, 4) is 5.88 Å². The Labute approximate surface area is 275 Å². The molecular weight excluding hydrogens is 592 g/mol. The minimum atomic E-state index is -0.553. The van der Waals surface area contributed by atoms with Gasteiger partial charge in [-0.05, 0) is 95.9 Å². The summed E-state index contributed by atoms with van der Waals surface area (Å²) in [7, 11) is 0. The minimum absolute atomic E-state index is 0.171. The van der Waals surface area contributed by atoms with Gasteiger partial charge in [0.05, 0.1) is 47.0 Å². The van der Waals surface area contributed by atoms with Crippen LogP contribution in [0.2, 0.25) is 0 Å². The molecule has 246 valence electrons. The van der Waals surface area contributed by atoms with E-state index in [4.69, 9.17) is 24.2 Å². The number of nitrogens with zero attached hydrogens (tertiary/aromatic N) is 6. The van der Waals surface area contributed by atoms with Gasteiger partial charge in [0, 0.05) is 36.0 Å². The lowest BCUT2D eigenvalue weighted by Crippen LogP contribution is -2.35. The first-order valence-corrected chi connectivity index (χ1v) is 16.8. The van der Waals surface area contributed by atoms with E-state index in [9.17, 15) is 4.79 Å². The van der Waals surface area contributed by atoms with Crippen LogP contribution in [-0.2, 0) is 35.6 Å². The number of hydrogen-bond donors (Lipinski definition) is 0. The van der Waals surface area contributed by atoms with E-state index in [0.717, 1.165) is 97.8 Å². The lowest BCUT2D eigenvalue weighted by molar-refractivity contribution is -0.0592. The van der Waals surface area contributed by atoms with Gasteiger partial charge < -0.3 is 18.8 Å². The molecule has 0 N–H and O–H groups in total. The van der Waals surface area contributed by atoms with Crippen LogP contribution in [0.5, 0.6) is 5.88 Å². The summed E-state index contributed by atoms with van der Waals surface area (Å²) in [5.74, 6) is 1.71. The van der Waals surface area contributed by atoms with Gasteiger partial charge in [-0.25, -0.2) is 19.3 Å². The quantitative estimate of drug-likeness (QED) is 0.164. The Hall–Kier alpha value is -4.28. The molecule has 0 saturated carbocycles. The summed E-state index contributed by atoms with van der Waals surface area (Å²) in [6.07, 6.45) is 6.11. The van der Waals surface area contributed by atoms with Gasteiger partial charge in [-0.15, -0.1) is 0 Å². The molecule has 0 spiro atoms. The molecule has 2 saturated heterocycles. The molecule has 1 aromatic carbocycles. The molecule has 4 aromatic heterocycles. The van der Waals surface area contributed by atoms with Crippen LogP contribution in [-0.4, -0.2) is 66.4 Å². The molecule has 1 atom stereocenters. The summed E-state index contributed by atoms with van der Waals surface area (Å²) >= 11 is 0. The Bertz CT molecular complexity index is 1880. The van der Waals surface area contributed by atoms with Crippen LogP contribution < -0.4 is 4.74 Å². The minimum Gasteiger partial charge on any atom is -0.473 e. The van der Waals surface area contributed by atoms with Crippen molar-refractivity contribution >= 4 is 22.5 Å². The summed E-state index contributed by atoms with van der Waals surface area (Å²) in [4.78, 5) is 25.3. The molecule has 10 nitrogen and oxygen atoms in total. The zero-order chi connectivity index (χ0) is 32.5. The molecule has 2 aliphatic rings. The van der Waals surface area contributed by atoms with E-state index in [0.29, 0.717) is 24.0 Å². The summed E-state index contributed by atoms with van der Waals surface area (Å²) < 4.78 is 21.8.